The van der Waals surface area contributed by atoms with Gasteiger partial charge < -0.3 is 10.1 Å². The summed E-state index contributed by atoms with van der Waals surface area (Å²) in [7, 11) is 0. The third kappa shape index (κ3) is 5.31. The zero-order valence-corrected chi connectivity index (χ0v) is 10.8. The van der Waals surface area contributed by atoms with Gasteiger partial charge in [-0.3, -0.25) is 10.3 Å². The molecule has 17 heavy (non-hydrogen) atoms. The normalized spacial score (nSPS) is 25.4. The van der Waals surface area contributed by atoms with Gasteiger partial charge in [-0.15, -0.1) is 0 Å². The van der Waals surface area contributed by atoms with Gasteiger partial charge in [0.2, 0.25) is 0 Å². The maximum absolute atomic E-state index is 5.52. The Bertz CT molecular complexity index is 189. The lowest BCUT2D eigenvalue weighted by atomic mass is 10.3. The number of hydrogen-bond acceptors (Lipinski definition) is 5. The van der Waals surface area contributed by atoms with E-state index in [2.05, 4.69) is 20.7 Å². The molecule has 0 atom stereocenters. The summed E-state index contributed by atoms with van der Waals surface area (Å²) in [6, 6.07) is 0. The molecule has 2 N–H and O–H groups in total. The van der Waals surface area contributed by atoms with Gasteiger partial charge in [-0.05, 0) is 19.4 Å². The first kappa shape index (κ1) is 13.2. The van der Waals surface area contributed by atoms with Crippen LogP contribution in [0.1, 0.15) is 12.8 Å². The van der Waals surface area contributed by atoms with Crippen LogP contribution in [-0.2, 0) is 4.74 Å². The molecule has 0 unspecified atom stereocenters. The Balaban J connectivity index is 1.56. The minimum absolute atomic E-state index is 0.896. The summed E-state index contributed by atoms with van der Waals surface area (Å²) >= 11 is 0. The van der Waals surface area contributed by atoms with E-state index in [0.717, 1.165) is 59.0 Å². The van der Waals surface area contributed by atoms with Gasteiger partial charge in [0, 0.05) is 52.4 Å². The number of ether oxygens (including phenoxy) is 1. The Kier molecular flexibility index (Phi) is 6.23. The predicted octanol–water partition coefficient (Wildman–Crippen LogP) is -0.491. The molecule has 5 nitrogen and oxygen atoms in total. The average Bonchev–Trinajstić information content (AvgIpc) is 2.33. The van der Waals surface area contributed by atoms with Crippen molar-refractivity contribution >= 4 is 0 Å². The maximum atomic E-state index is 5.52. The molecular weight excluding hydrogens is 216 g/mol. The number of piperazine rings is 1. The van der Waals surface area contributed by atoms with Crippen LogP contribution in [0.25, 0.3) is 0 Å². The maximum Gasteiger partial charge on any atom is 0.0593 e. The summed E-state index contributed by atoms with van der Waals surface area (Å²) in [4.78, 5) is 2.51. The second-order valence-corrected chi connectivity index (χ2v) is 4.81. The molecular formula is C12H26N4O. The molecule has 0 amide bonds. The summed E-state index contributed by atoms with van der Waals surface area (Å²) in [5.74, 6) is 0. The molecule has 2 aliphatic rings. The van der Waals surface area contributed by atoms with Gasteiger partial charge in [-0.25, -0.2) is 5.01 Å². The zero-order chi connectivity index (χ0) is 11.8. The van der Waals surface area contributed by atoms with Crippen LogP contribution < -0.4 is 10.7 Å². The molecule has 5 heteroatoms. The van der Waals surface area contributed by atoms with E-state index >= 15 is 0 Å². The highest BCUT2D eigenvalue weighted by atomic mass is 16.5. The van der Waals surface area contributed by atoms with Crippen LogP contribution in [-0.4, -0.2) is 75.5 Å². The number of hydrogen-bond donors (Lipinski definition) is 2. The Morgan fingerprint density at radius 2 is 1.88 bits per heavy atom. The van der Waals surface area contributed by atoms with Crippen LogP contribution in [0.15, 0.2) is 0 Å². The molecule has 2 rings (SSSR count). The van der Waals surface area contributed by atoms with Crippen molar-refractivity contribution in [2.24, 2.45) is 0 Å². The molecule has 2 aliphatic heterocycles. The van der Waals surface area contributed by atoms with Gasteiger partial charge >= 0.3 is 0 Å². The van der Waals surface area contributed by atoms with E-state index in [1.54, 1.807) is 0 Å². The van der Waals surface area contributed by atoms with E-state index in [4.69, 9.17) is 4.74 Å². The molecule has 0 aromatic heterocycles. The lowest BCUT2D eigenvalue weighted by Gasteiger charge is -2.30. The van der Waals surface area contributed by atoms with Crippen LogP contribution in [0.4, 0.5) is 0 Å². The van der Waals surface area contributed by atoms with E-state index in [-0.39, 0.29) is 0 Å². The predicted molar refractivity (Wildman–Crippen MR) is 68.9 cm³/mol. The van der Waals surface area contributed by atoms with Crippen LogP contribution >= 0.6 is 0 Å². The van der Waals surface area contributed by atoms with Gasteiger partial charge in [0.15, 0.2) is 0 Å². The van der Waals surface area contributed by atoms with Gasteiger partial charge in [0.25, 0.3) is 0 Å². The average molecular weight is 242 g/mol. The van der Waals surface area contributed by atoms with Crippen molar-refractivity contribution < 1.29 is 4.74 Å². The summed E-state index contributed by atoms with van der Waals surface area (Å²) in [5, 5.41) is 5.69. The monoisotopic (exact) mass is 242 g/mol. The largest absolute Gasteiger partial charge is 0.380 e. The van der Waals surface area contributed by atoms with Crippen molar-refractivity contribution in [2.45, 2.75) is 12.8 Å². The summed E-state index contributed by atoms with van der Waals surface area (Å²) in [5.41, 5.74) is 3.52. The minimum Gasteiger partial charge on any atom is -0.380 e. The molecule has 2 saturated heterocycles. The van der Waals surface area contributed by atoms with Crippen LogP contribution in [0.5, 0.6) is 0 Å². The van der Waals surface area contributed by atoms with Gasteiger partial charge in [0.1, 0.15) is 0 Å². The Morgan fingerprint density at radius 1 is 1.00 bits per heavy atom. The van der Waals surface area contributed by atoms with Crippen LogP contribution in [0.2, 0.25) is 0 Å². The quantitative estimate of drug-likeness (QED) is 0.696. The molecule has 0 spiro atoms. The fraction of sp³-hybridized carbons (Fsp3) is 1.00. The second-order valence-electron chi connectivity index (χ2n) is 4.81. The first-order valence-corrected chi connectivity index (χ1v) is 6.94. The van der Waals surface area contributed by atoms with Crippen LogP contribution in [0, 0.1) is 0 Å². The Morgan fingerprint density at radius 3 is 2.76 bits per heavy atom. The topological polar surface area (TPSA) is 39.8 Å². The molecule has 100 valence electrons. The van der Waals surface area contributed by atoms with Crippen molar-refractivity contribution in [1.29, 1.82) is 0 Å². The highest BCUT2D eigenvalue weighted by molar-refractivity contribution is 4.66. The van der Waals surface area contributed by atoms with Crippen molar-refractivity contribution in [3.63, 3.8) is 0 Å². The standard InChI is InChI=1S/C12H26N4O/c1-2-11-17-12-10-15(6-1)7-5-14-16-8-3-13-4-9-16/h13-14H,1-12H2. The summed E-state index contributed by atoms with van der Waals surface area (Å²) in [6.45, 7) is 10.8. The van der Waals surface area contributed by atoms with Crippen molar-refractivity contribution in [1.82, 2.24) is 20.7 Å². The van der Waals surface area contributed by atoms with Gasteiger partial charge in [-0.1, -0.05) is 0 Å². The third-order valence-corrected chi connectivity index (χ3v) is 3.45. The fourth-order valence-electron chi connectivity index (χ4n) is 2.36. The van der Waals surface area contributed by atoms with E-state index in [1.165, 1.54) is 19.4 Å². The first-order valence-electron chi connectivity index (χ1n) is 6.94. The third-order valence-electron chi connectivity index (χ3n) is 3.45. The molecule has 2 heterocycles. The van der Waals surface area contributed by atoms with E-state index in [1.807, 2.05) is 0 Å². The minimum atomic E-state index is 0.896. The molecule has 0 aromatic carbocycles. The number of rotatable bonds is 4. The molecule has 0 aliphatic carbocycles. The molecule has 0 saturated carbocycles. The summed E-state index contributed by atoms with van der Waals surface area (Å²) in [6.07, 6.45) is 2.48. The van der Waals surface area contributed by atoms with Crippen LogP contribution in [0.3, 0.4) is 0 Å². The molecule has 0 aromatic rings. The fourth-order valence-corrected chi connectivity index (χ4v) is 2.36. The van der Waals surface area contributed by atoms with Crippen molar-refractivity contribution in [2.75, 3.05) is 65.6 Å². The van der Waals surface area contributed by atoms with E-state index in [0.29, 0.717) is 0 Å². The zero-order valence-electron chi connectivity index (χ0n) is 10.8. The number of nitrogens with zero attached hydrogens (tertiary/aromatic N) is 2. The number of nitrogens with one attached hydrogen (secondary N) is 2. The lowest BCUT2D eigenvalue weighted by Crippen LogP contribution is -2.52. The Hall–Kier alpha value is -0.200. The Labute approximate surface area is 104 Å². The number of hydrazine groups is 1. The SMILES string of the molecule is C1CCN(CCNN2CCNCC2)CCOC1. The first-order chi connectivity index (χ1) is 8.45. The molecule has 2 fully saturated rings. The van der Waals surface area contributed by atoms with E-state index in [9.17, 15) is 0 Å². The van der Waals surface area contributed by atoms with Gasteiger partial charge in [0.05, 0.1) is 6.61 Å². The smallest absolute Gasteiger partial charge is 0.0593 e. The highest BCUT2D eigenvalue weighted by Gasteiger charge is 2.10. The second kappa shape index (κ2) is 8.00. The highest BCUT2D eigenvalue weighted by Crippen LogP contribution is 2.00. The van der Waals surface area contributed by atoms with Crippen molar-refractivity contribution in [3.05, 3.63) is 0 Å². The molecule has 0 bridgehead atoms. The summed E-state index contributed by atoms with van der Waals surface area (Å²) < 4.78 is 5.52. The van der Waals surface area contributed by atoms with Gasteiger partial charge in [-0.2, -0.15) is 0 Å². The van der Waals surface area contributed by atoms with Crippen molar-refractivity contribution in [3.8, 4) is 0 Å². The molecule has 0 radical (unpaired) electrons. The van der Waals surface area contributed by atoms with E-state index < -0.39 is 0 Å². The lowest BCUT2D eigenvalue weighted by molar-refractivity contribution is 0.0762.